The van der Waals surface area contributed by atoms with Gasteiger partial charge in [-0.25, -0.2) is 4.98 Å². The van der Waals surface area contributed by atoms with Crippen molar-refractivity contribution in [2.24, 2.45) is 0 Å². The third kappa shape index (κ3) is 10.8. The summed E-state index contributed by atoms with van der Waals surface area (Å²) in [7, 11) is 0. The Morgan fingerprint density at radius 1 is 0.912 bits per heavy atom. The van der Waals surface area contributed by atoms with E-state index in [-0.39, 0.29) is 76.5 Å². The molecule has 0 amide bonds. The number of halogens is 1. The van der Waals surface area contributed by atoms with Gasteiger partial charge in [0.25, 0.3) is 0 Å². The molecule has 0 saturated carbocycles. The summed E-state index contributed by atoms with van der Waals surface area (Å²) >= 11 is 6.54. The molecule has 166 valence electrons. The van der Waals surface area contributed by atoms with Gasteiger partial charge >= 0.3 is 71.1 Å². The molecule has 0 atom stereocenters. The van der Waals surface area contributed by atoms with Crippen molar-refractivity contribution in [3.63, 3.8) is 0 Å². The largest absolute Gasteiger partial charge is 1.00 e. The van der Waals surface area contributed by atoms with E-state index in [0.29, 0.717) is 11.5 Å². The standard InChI is InChI=1S/C24H22BrNO4S2.2Na/c25-19-7-5-17-6-9-20(26-21(17)15-19)8-4-16-2-1-3-18(14-16)24(31-12-10-22(27)28)32-13-11-23(29)30;;/h1-9,14-15,24H,10-13H2,(H,27,28)(H,29,30);;/q;2*+1/b8-4+;;. The molecule has 0 unspecified atom stereocenters. The van der Waals surface area contributed by atoms with Crippen LogP contribution in [0.4, 0.5) is 0 Å². The van der Waals surface area contributed by atoms with Crippen molar-refractivity contribution < 1.29 is 78.9 Å². The van der Waals surface area contributed by atoms with Crippen LogP contribution in [0.3, 0.4) is 0 Å². The Balaban J connectivity index is 0.00000289. The fourth-order valence-corrected chi connectivity index (χ4v) is 5.94. The van der Waals surface area contributed by atoms with E-state index >= 15 is 0 Å². The van der Waals surface area contributed by atoms with Crippen molar-refractivity contribution >= 4 is 74.4 Å². The first-order valence-electron chi connectivity index (χ1n) is 9.92. The number of hydrogen-bond acceptors (Lipinski definition) is 5. The van der Waals surface area contributed by atoms with E-state index in [1.165, 1.54) is 23.5 Å². The summed E-state index contributed by atoms with van der Waals surface area (Å²) in [6, 6.07) is 18.0. The summed E-state index contributed by atoms with van der Waals surface area (Å²) in [6.45, 7) is 0. The molecule has 34 heavy (non-hydrogen) atoms. The number of carbonyl (C=O) groups is 2. The van der Waals surface area contributed by atoms with Crippen LogP contribution in [0.25, 0.3) is 23.1 Å². The second kappa shape index (κ2) is 16.5. The normalized spacial score (nSPS) is 10.8. The van der Waals surface area contributed by atoms with Crippen LogP contribution >= 0.6 is 39.5 Å². The number of nitrogens with zero attached hydrogens (tertiary/aromatic N) is 1. The number of thioether (sulfide) groups is 2. The number of benzene rings is 2. The molecule has 1 heterocycles. The van der Waals surface area contributed by atoms with Gasteiger partial charge in [0.15, 0.2) is 0 Å². The average Bonchev–Trinajstić information content (AvgIpc) is 2.76. The van der Waals surface area contributed by atoms with Gasteiger partial charge < -0.3 is 10.2 Å². The van der Waals surface area contributed by atoms with Crippen molar-refractivity contribution in [3.05, 3.63) is 75.9 Å². The first-order chi connectivity index (χ1) is 15.4. The van der Waals surface area contributed by atoms with E-state index in [0.717, 1.165) is 32.2 Å². The molecular weight excluding hydrogens is 556 g/mol. The Morgan fingerprint density at radius 2 is 1.56 bits per heavy atom. The molecule has 0 aliphatic rings. The Labute approximate surface area is 260 Å². The first-order valence-corrected chi connectivity index (χ1v) is 12.8. The SMILES string of the molecule is O=C(O)CCSC(SCCC(=O)O)c1cccc(/C=C/c2ccc3ccc(Br)cc3n2)c1.[Na+].[Na+]. The summed E-state index contributed by atoms with van der Waals surface area (Å²) in [5, 5.41) is 18.9. The van der Waals surface area contributed by atoms with Gasteiger partial charge in [0.1, 0.15) is 0 Å². The quantitative estimate of drug-likeness (QED) is 0.255. The van der Waals surface area contributed by atoms with E-state index in [1.54, 1.807) is 0 Å². The number of rotatable bonds is 11. The maximum absolute atomic E-state index is 10.9. The van der Waals surface area contributed by atoms with Gasteiger partial charge in [-0.2, -0.15) is 0 Å². The molecule has 0 spiro atoms. The van der Waals surface area contributed by atoms with Crippen LogP contribution in [0, 0.1) is 0 Å². The molecule has 3 aromatic rings. The van der Waals surface area contributed by atoms with E-state index in [1.807, 2.05) is 60.7 Å². The Kier molecular flexibility index (Phi) is 15.4. The van der Waals surface area contributed by atoms with Crippen molar-refractivity contribution in [1.82, 2.24) is 4.98 Å². The number of pyridine rings is 1. The van der Waals surface area contributed by atoms with E-state index in [4.69, 9.17) is 10.2 Å². The van der Waals surface area contributed by atoms with Gasteiger partial charge in [0.05, 0.1) is 28.6 Å². The monoisotopic (exact) mass is 577 g/mol. The molecule has 2 N–H and O–H groups in total. The molecule has 3 rings (SSSR count). The van der Waals surface area contributed by atoms with Crippen LogP contribution in [0.5, 0.6) is 0 Å². The molecule has 0 fully saturated rings. The van der Waals surface area contributed by atoms with Gasteiger partial charge in [-0.15, -0.1) is 23.5 Å². The maximum Gasteiger partial charge on any atom is 1.00 e. The predicted molar refractivity (Wildman–Crippen MR) is 137 cm³/mol. The van der Waals surface area contributed by atoms with Crippen molar-refractivity contribution in [2.45, 2.75) is 17.4 Å². The van der Waals surface area contributed by atoms with E-state index < -0.39 is 11.9 Å². The van der Waals surface area contributed by atoms with Crippen LogP contribution in [0.1, 0.15) is 34.2 Å². The fraction of sp³-hybridized carbons (Fsp3) is 0.208. The molecule has 5 nitrogen and oxygen atoms in total. The zero-order valence-electron chi connectivity index (χ0n) is 19.1. The summed E-state index contributed by atoms with van der Waals surface area (Å²) in [4.78, 5) is 26.4. The first kappa shape index (κ1) is 31.7. The zero-order valence-corrected chi connectivity index (χ0v) is 26.3. The maximum atomic E-state index is 10.9. The summed E-state index contributed by atoms with van der Waals surface area (Å²) in [6.07, 6.45) is 4.11. The number of hydrogen-bond donors (Lipinski definition) is 2. The van der Waals surface area contributed by atoms with Crippen molar-refractivity contribution in [1.29, 1.82) is 0 Å². The number of carboxylic acids is 2. The molecule has 0 saturated heterocycles. The fourth-order valence-electron chi connectivity index (χ4n) is 2.94. The topological polar surface area (TPSA) is 87.5 Å². The van der Waals surface area contributed by atoms with Crippen LogP contribution in [0.15, 0.2) is 59.1 Å². The molecule has 0 aliphatic carbocycles. The molecule has 10 heteroatoms. The van der Waals surface area contributed by atoms with Gasteiger partial charge in [-0.05, 0) is 41.5 Å². The Bertz CT molecular complexity index is 1130. The third-order valence-electron chi connectivity index (χ3n) is 4.48. The second-order valence-corrected chi connectivity index (χ2v) is 10.6. The molecule has 0 bridgehead atoms. The summed E-state index contributed by atoms with van der Waals surface area (Å²) in [5.74, 6) is -0.732. The summed E-state index contributed by atoms with van der Waals surface area (Å²) in [5.41, 5.74) is 3.80. The minimum absolute atomic E-state index is 0. The van der Waals surface area contributed by atoms with Gasteiger partial charge in [-0.1, -0.05) is 52.3 Å². The summed E-state index contributed by atoms with van der Waals surface area (Å²) < 4.78 is 0.955. The molecule has 0 aliphatic heterocycles. The average molecular weight is 578 g/mol. The Morgan fingerprint density at radius 3 is 2.21 bits per heavy atom. The van der Waals surface area contributed by atoms with Crippen LogP contribution < -0.4 is 59.1 Å². The van der Waals surface area contributed by atoms with Crippen molar-refractivity contribution in [2.75, 3.05) is 11.5 Å². The molecule has 2 aromatic carbocycles. The van der Waals surface area contributed by atoms with Crippen LogP contribution in [-0.2, 0) is 9.59 Å². The molecule has 1 aromatic heterocycles. The Hall–Kier alpha value is -0.290. The minimum atomic E-state index is -0.835. The van der Waals surface area contributed by atoms with E-state index in [9.17, 15) is 9.59 Å². The second-order valence-electron chi connectivity index (χ2n) is 6.94. The molecular formula is C24H22BrNNa2O4S2+2. The van der Waals surface area contributed by atoms with Gasteiger partial charge in [0.2, 0.25) is 0 Å². The number of aromatic nitrogens is 1. The van der Waals surface area contributed by atoms with Crippen LogP contribution in [-0.4, -0.2) is 38.6 Å². The number of fused-ring (bicyclic) bond motifs is 1. The zero-order chi connectivity index (χ0) is 22.9. The molecule has 0 radical (unpaired) electrons. The minimum Gasteiger partial charge on any atom is -0.481 e. The van der Waals surface area contributed by atoms with Crippen molar-refractivity contribution in [3.8, 4) is 0 Å². The predicted octanol–water partition coefficient (Wildman–Crippen LogP) is 0.590. The third-order valence-corrected chi connectivity index (χ3v) is 7.81. The number of aliphatic carboxylic acids is 2. The number of carboxylic acid groups (broad SMARTS) is 2. The smallest absolute Gasteiger partial charge is 0.481 e. The van der Waals surface area contributed by atoms with E-state index in [2.05, 4.69) is 27.0 Å². The van der Waals surface area contributed by atoms with Gasteiger partial charge in [0, 0.05) is 21.4 Å². The van der Waals surface area contributed by atoms with Crippen LogP contribution in [0.2, 0.25) is 0 Å². The van der Waals surface area contributed by atoms with Gasteiger partial charge in [-0.3, -0.25) is 9.59 Å².